The zero-order valence-electron chi connectivity index (χ0n) is 13.7. The number of nitrogens with one attached hydrogen (secondary N) is 2. The molecule has 2 atom stereocenters. The van der Waals surface area contributed by atoms with Crippen LogP contribution in [0.4, 0.5) is 10.1 Å². The summed E-state index contributed by atoms with van der Waals surface area (Å²) in [7, 11) is -2.57. The van der Waals surface area contributed by atoms with Crippen LogP contribution in [0.3, 0.4) is 0 Å². The highest BCUT2D eigenvalue weighted by Crippen LogP contribution is 2.29. The normalized spacial score (nSPS) is 22.7. The third-order valence-corrected chi connectivity index (χ3v) is 6.06. The van der Waals surface area contributed by atoms with Gasteiger partial charge in [0.2, 0.25) is 5.91 Å². The number of carbonyl (C=O) groups excluding carboxylic acids is 1. The van der Waals surface area contributed by atoms with Crippen molar-refractivity contribution in [3.8, 4) is 0 Å². The average molecular weight is 399 g/mol. The molecule has 0 unspecified atom stereocenters. The fourth-order valence-electron chi connectivity index (χ4n) is 2.72. The van der Waals surface area contributed by atoms with Crippen LogP contribution in [0.5, 0.6) is 0 Å². The number of rotatable bonds is 3. The lowest BCUT2D eigenvalue weighted by atomic mass is 9.99. The van der Waals surface area contributed by atoms with E-state index in [1.54, 1.807) is 12.1 Å². The maximum absolute atomic E-state index is 13.1. The molecule has 0 bridgehead atoms. The fraction of sp³-hybridized carbons (Fsp3) is 0.250. The molecule has 1 saturated heterocycles. The first-order chi connectivity index (χ1) is 12.3. The highest BCUT2D eigenvalue weighted by atomic mass is 35.5. The van der Waals surface area contributed by atoms with E-state index in [4.69, 9.17) is 11.6 Å². The van der Waals surface area contributed by atoms with Crippen LogP contribution in [0.15, 0.2) is 42.6 Å². The minimum Gasteiger partial charge on any atom is -0.322 e. The lowest BCUT2D eigenvalue weighted by Gasteiger charge is -2.36. The van der Waals surface area contributed by atoms with Gasteiger partial charge in [-0.1, -0.05) is 23.7 Å². The summed E-state index contributed by atoms with van der Waals surface area (Å²) in [5.74, 6) is -0.954. The minimum atomic E-state index is -3.89. The third kappa shape index (κ3) is 3.85. The SMILES string of the molecule is CN1[C@@H](C(=O)Nc2cccnc2Cl)C[C@@H](c2ccc(F)cc2)NS1(=O)=O. The van der Waals surface area contributed by atoms with Gasteiger partial charge >= 0.3 is 0 Å². The predicted octanol–water partition coefficient (Wildman–Crippen LogP) is 2.09. The van der Waals surface area contributed by atoms with Gasteiger partial charge < -0.3 is 5.32 Å². The molecule has 7 nitrogen and oxygen atoms in total. The van der Waals surface area contributed by atoms with Gasteiger partial charge in [0, 0.05) is 19.3 Å². The van der Waals surface area contributed by atoms with Gasteiger partial charge in [-0.3, -0.25) is 4.79 Å². The third-order valence-electron chi connectivity index (χ3n) is 4.16. The summed E-state index contributed by atoms with van der Waals surface area (Å²) in [5, 5.41) is 2.71. The van der Waals surface area contributed by atoms with Gasteiger partial charge in [-0.2, -0.15) is 17.4 Å². The van der Waals surface area contributed by atoms with Gasteiger partial charge in [-0.15, -0.1) is 0 Å². The lowest BCUT2D eigenvalue weighted by Crippen LogP contribution is -2.55. The van der Waals surface area contributed by atoms with Crippen molar-refractivity contribution in [3.05, 3.63) is 59.1 Å². The molecule has 2 heterocycles. The second-order valence-electron chi connectivity index (χ2n) is 5.83. The number of hydrogen-bond acceptors (Lipinski definition) is 4. The molecule has 2 aromatic rings. The zero-order chi connectivity index (χ0) is 18.9. The van der Waals surface area contributed by atoms with Crippen LogP contribution >= 0.6 is 11.6 Å². The summed E-state index contributed by atoms with van der Waals surface area (Å²) in [6.45, 7) is 0. The number of likely N-dealkylation sites (N-methyl/N-ethyl adjacent to an activating group) is 1. The highest BCUT2D eigenvalue weighted by Gasteiger charge is 2.40. The molecule has 1 amide bonds. The van der Waals surface area contributed by atoms with Gasteiger partial charge in [0.25, 0.3) is 10.2 Å². The first kappa shape index (κ1) is 18.7. The molecule has 0 spiro atoms. The van der Waals surface area contributed by atoms with Crippen molar-refractivity contribution in [3.63, 3.8) is 0 Å². The second kappa shape index (κ2) is 7.28. The van der Waals surface area contributed by atoms with Gasteiger partial charge in [0.05, 0.1) is 5.69 Å². The number of anilines is 1. The van der Waals surface area contributed by atoms with Crippen molar-refractivity contribution in [2.75, 3.05) is 12.4 Å². The van der Waals surface area contributed by atoms with Crippen molar-refractivity contribution >= 4 is 33.4 Å². The molecule has 1 aliphatic heterocycles. The number of hydrogen-bond donors (Lipinski definition) is 2. The fourth-order valence-corrected chi connectivity index (χ4v) is 4.16. The maximum atomic E-state index is 13.1. The second-order valence-corrected chi connectivity index (χ2v) is 7.95. The summed E-state index contributed by atoms with van der Waals surface area (Å²) in [6, 6.07) is 7.01. The molecule has 10 heteroatoms. The predicted molar refractivity (Wildman–Crippen MR) is 95.2 cm³/mol. The number of halogens is 2. The van der Waals surface area contributed by atoms with Gasteiger partial charge in [-0.25, -0.2) is 9.37 Å². The summed E-state index contributed by atoms with van der Waals surface area (Å²) < 4.78 is 41.4. The molecule has 26 heavy (non-hydrogen) atoms. The summed E-state index contributed by atoms with van der Waals surface area (Å²) in [5.41, 5.74) is 0.863. The first-order valence-electron chi connectivity index (χ1n) is 7.70. The average Bonchev–Trinajstić information content (AvgIpc) is 2.59. The smallest absolute Gasteiger partial charge is 0.280 e. The molecular weight excluding hydrogens is 383 g/mol. The van der Waals surface area contributed by atoms with E-state index in [2.05, 4.69) is 15.0 Å². The van der Waals surface area contributed by atoms with E-state index in [-0.39, 0.29) is 11.6 Å². The van der Waals surface area contributed by atoms with E-state index in [1.165, 1.54) is 37.5 Å². The number of pyridine rings is 1. The Kier molecular flexibility index (Phi) is 5.24. The Hall–Kier alpha value is -2.07. The van der Waals surface area contributed by atoms with Crippen LogP contribution in [0.1, 0.15) is 18.0 Å². The molecule has 0 radical (unpaired) electrons. The standard InChI is InChI=1S/C16H16ClFN4O3S/c1-22-14(16(23)20-12-3-2-8-19-15(12)17)9-13(21-26(22,24)25)10-4-6-11(18)7-5-10/h2-8,13-14,21H,9H2,1H3,(H,20,23)/t13-,14+/m0/s1. The minimum absolute atomic E-state index is 0.107. The van der Waals surface area contributed by atoms with Crippen LogP contribution in [-0.2, 0) is 15.0 Å². The van der Waals surface area contributed by atoms with Crippen LogP contribution in [0, 0.1) is 5.82 Å². The van der Waals surface area contributed by atoms with Crippen molar-refractivity contribution < 1.29 is 17.6 Å². The molecule has 0 saturated carbocycles. The number of carbonyl (C=O) groups is 1. The van der Waals surface area contributed by atoms with Crippen LogP contribution in [-0.4, -0.2) is 36.7 Å². The van der Waals surface area contributed by atoms with Gasteiger partial charge in [0.1, 0.15) is 11.9 Å². The van der Waals surface area contributed by atoms with E-state index in [0.29, 0.717) is 11.3 Å². The lowest BCUT2D eigenvalue weighted by molar-refractivity contribution is -0.120. The number of benzene rings is 1. The van der Waals surface area contributed by atoms with Crippen molar-refractivity contribution in [1.29, 1.82) is 0 Å². The Morgan fingerprint density at radius 1 is 1.35 bits per heavy atom. The van der Waals surface area contributed by atoms with Crippen molar-refractivity contribution in [2.45, 2.75) is 18.5 Å². The van der Waals surface area contributed by atoms with E-state index in [9.17, 15) is 17.6 Å². The maximum Gasteiger partial charge on any atom is 0.280 e. The summed E-state index contributed by atoms with van der Waals surface area (Å²) in [6.07, 6.45) is 1.65. The first-order valence-corrected chi connectivity index (χ1v) is 9.52. The Morgan fingerprint density at radius 3 is 2.69 bits per heavy atom. The van der Waals surface area contributed by atoms with Gasteiger partial charge in [-0.05, 0) is 36.2 Å². The summed E-state index contributed by atoms with van der Waals surface area (Å²) >= 11 is 5.93. The quantitative estimate of drug-likeness (QED) is 0.774. The number of nitrogens with zero attached hydrogens (tertiary/aromatic N) is 2. The number of amides is 1. The van der Waals surface area contributed by atoms with Crippen LogP contribution in [0.2, 0.25) is 5.15 Å². The topological polar surface area (TPSA) is 91.4 Å². The largest absolute Gasteiger partial charge is 0.322 e. The van der Waals surface area contributed by atoms with Crippen LogP contribution < -0.4 is 10.0 Å². The molecule has 1 aliphatic rings. The Balaban J connectivity index is 1.86. The van der Waals surface area contributed by atoms with Gasteiger partial charge in [0.15, 0.2) is 5.15 Å². The van der Waals surface area contributed by atoms with E-state index < -0.39 is 34.0 Å². The monoisotopic (exact) mass is 398 g/mol. The molecule has 0 aliphatic carbocycles. The molecule has 1 fully saturated rings. The molecule has 2 N–H and O–H groups in total. The van der Waals surface area contributed by atoms with E-state index >= 15 is 0 Å². The van der Waals surface area contributed by atoms with E-state index in [0.717, 1.165) is 4.31 Å². The highest BCUT2D eigenvalue weighted by molar-refractivity contribution is 7.87. The molecule has 1 aromatic carbocycles. The van der Waals surface area contributed by atoms with E-state index in [1.807, 2.05) is 0 Å². The Morgan fingerprint density at radius 2 is 2.04 bits per heavy atom. The van der Waals surface area contributed by atoms with Crippen molar-refractivity contribution in [2.24, 2.45) is 0 Å². The molecule has 1 aromatic heterocycles. The zero-order valence-corrected chi connectivity index (χ0v) is 15.3. The summed E-state index contributed by atoms with van der Waals surface area (Å²) in [4.78, 5) is 16.5. The van der Waals surface area contributed by atoms with Crippen LogP contribution in [0.25, 0.3) is 0 Å². The Labute approximate surface area is 155 Å². The molecule has 3 rings (SSSR count). The van der Waals surface area contributed by atoms with Crippen molar-refractivity contribution in [1.82, 2.24) is 14.0 Å². The number of aromatic nitrogens is 1. The molecule has 138 valence electrons. The Bertz CT molecular complexity index is 923. The molecular formula is C16H16ClFN4O3S.